The van der Waals surface area contributed by atoms with E-state index < -0.39 is 36.4 Å². The molecule has 0 spiro atoms. The van der Waals surface area contributed by atoms with E-state index in [1.165, 1.54) is 19.1 Å². The molecule has 1 fully saturated rings. The van der Waals surface area contributed by atoms with Crippen LogP contribution in [0, 0.1) is 5.92 Å². The number of aliphatic hydroxyl groups excluding tert-OH is 2. The quantitative estimate of drug-likeness (QED) is 0.597. The van der Waals surface area contributed by atoms with Gasteiger partial charge < -0.3 is 29.7 Å². The lowest BCUT2D eigenvalue weighted by Gasteiger charge is -2.35. The molecule has 9 nitrogen and oxygen atoms in total. The predicted octanol–water partition coefficient (Wildman–Crippen LogP) is 0.239. The highest BCUT2D eigenvalue weighted by Crippen LogP contribution is 2.23. The van der Waals surface area contributed by atoms with Crippen molar-refractivity contribution in [3.05, 3.63) is 24.3 Å². The molecule has 1 saturated heterocycles. The number of esters is 1. The summed E-state index contributed by atoms with van der Waals surface area (Å²) in [6, 6.07) is 6.15. The van der Waals surface area contributed by atoms with Gasteiger partial charge in [0.25, 0.3) is 6.29 Å². The fourth-order valence-corrected chi connectivity index (χ4v) is 2.32. The molecular weight excluding hydrogens is 358 g/mol. The maximum Gasteiger partial charge on any atom is 0.308 e. The third-order valence-electron chi connectivity index (χ3n) is 3.81. The Labute approximate surface area is 156 Å². The van der Waals surface area contributed by atoms with Gasteiger partial charge in [0.05, 0.1) is 5.92 Å². The number of ketones is 1. The molecule has 3 N–H and O–H groups in total. The number of ether oxygens (including phenoxy) is 3. The van der Waals surface area contributed by atoms with Crippen molar-refractivity contribution >= 4 is 23.3 Å². The van der Waals surface area contributed by atoms with Crippen LogP contribution in [0.15, 0.2) is 24.3 Å². The van der Waals surface area contributed by atoms with Crippen molar-refractivity contribution in [3.8, 4) is 5.75 Å². The number of nitrogens with one attached hydrogen (secondary N) is 1. The van der Waals surface area contributed by atoms with Gasteiger partial charge in [0.15, 0.2) is 0 Å². The molecule has 4 unspecified atom stereocenters. The second-order valence-electron chi connectivity index (χ2n) is 6.45. The maximum absolute atomic E-state index is 12.1. The lowest BCUT2D eigenvalue weighted by Crippen LogP contribution is -2.58. The fourth-order valence-electron chi connectivity index (χ4n) is 2.32. The van der Waals surface area contributed by atoms with Crippen LogP contribution < -0.4 is 10.1 Å². The van der Waals surface area contributed by atoms with Gasteiger partial charge in [0.1, 0.15) is 30.7 Å². The Balaban J connectivity index is 2.03. The number of benzene rings is 1. The largest absolute Gasteiger partial charge is 0.463 e. The van der Waals surface area contributed by atoms with Gasteiger partial charge >= 0.3 is 5.97 Å². The van der Waals surface area contributed by atoms with Crippen molar-refractivity contribution in [2.45, 2.75) is 45.4 Å². The molecule has 0 radical (unpaired) electrons. The number of Topliss-reactive ketones (excluding diaryl/α,β-unsaturated/α-hetero) is 1. The zero-order valence-electron chi connectivity index (χ0n) is 15.2. The minimum atomic E-state index is -1.73. The van der Waals surface area contributed by atoms with Gasteiger partial charge in [-0.3, -0.25) is 14.4 Å². The molecule has 2 rings (SSSR count). The number of carbonyl (C=O) groups excluding carboxylic acids is 3. The third kappa shape index (κ3) is 5.49. The SMILES string of the molecule is CC(=O)Nc1ccc(OC2OC(COC(=O)C(C)C)C(O)C(O)C2=O)cc1. The number of aliphatic hydroxyl groups is 2. The van der Waals surface area contributed by atoms with E-state index in [1.807, 2.05) is 0 Å². The smallest absolute Gasteiger partial charge is 0.308 e. The Morgan fingerprint density at radius 1 is 1.22 bits per heavy atom. The first kappa shape index (κ1) is 20.8. The van der Waals surface area contributed by atoms with Crippen LogP contribution in [0.3, 0.4) is 0 Å². The van der Waals surface area contributed by atoms with E-state index in [4.69, 9.17) is 14.2 Å². The molecule has 1 aliphatic heterocycles. The molecule has 0 bridgehead atoms. The summed E-state index contributed by atoms with van der Waals surface area (Å²) in [4.78, 5) is 34.7. The van der Waals surface area contributed by atoms with E-state index in [2.05, 4.69) is 5.32 Å². The van der Waals surface area contributed by atoms with E-state index in [0.717, 1.165) is 0 Å². The molecule has 4 atom stereocenters. The average Bonchev–Trinajstić information content (AvgIpc) is 2.61. The summed E-state index contributed by atoms with van der Waals surface area (Å²) in [5, 5.41) is 22.5. The number of rotatable bonds is 6. The van der Waals surface area contributed by atoms with E-state index in [-0.39, 0.29) is 24.2 Å². The Morgan fingerprint density at radius 3 is 2.41 bits per heavy atom. The molecule has 1 aromatic rings. The number of carbonyl (C=O) groups is 3. The first-order valence-electron chi connectivity index (χ1n) is 8.45. The van der Waals surface area contributed by atoms with Crippen LogP contribution in [0.4, 0.5) is 5.69 Å². The number of amides is 1. The second kappa shape index (κ2) is 8.94. The fraction of sp³-hybridized carbons (Fsp3) is 0.500. The topological polar surface area (TPSA) is 131 Å². The van der Waals surface area contributed by atoms with Crippen molar-refractivity contribution in [2.75, 3.05) is 11.9 Å². The van der Waals surface area contributed by atoms with Gasteiger partial charge in [0.2, 0.25) is 11.7 Å². The Hall–Kier alpha value is -2.49. The van der Waals surface area contributed by atoms with E-state index in [1.54, 1.807) is 26.0 Å². The summed E-state index contributed by atoms with van der Waals surface area (Å²) >= 11 is 0. The van der Waals surface area contributed by atoms with Gasteiger partial charge in [-0.05, 0) is 24.3 Å². The Morgan fingerprint density at radius 2 is 1.85 bits per heavy atom. The zero-order chi connectivity index (χ0) is 20.1. The van der Waals surface area contributed by atoms with Crippen molar-refractivity contribution in [1.82, 2.24) is 0 Å². The first-order valence-corrected chi connectivity index (χ1v) is 8.45. The molecule has 0 aromatic heterocycles. The molecule has 27 heavy (non-hydrogen) atoms. The summed E-state index contributed by atoms with van der Waals surface area (Å²) in [6.07, 6.45) is -5.87. The zero-order valence-corrected chi connectivity index (χ0v) is 15.2. The monoisotopic (exact) mass is 381 g/mol. The van der Waals surface area contributed by atoms with Crippen LogP contribution in [0.2, 0.25) is 0 Å². The first-order chi connectivity index (χ1) is 12.7. The number of anilines is 1. The highest BCUT2D eigenvalue weighted by atomic mass is 16.7. The van der Waals surface area contributed by atoms with E-state index in [9.17, 15) is 24.6 Å². The van der Waals surface area contributed by atoms with Crippen LogP contribution in [0.5, 0.6) is 5.75 Å². The van der Waals surface area contributed by atoms with Gasteiger partial charge in [-0.25, -0.2) is 0 Å². The minimum Gasteiger partial charge on any atom is -0.463 e. The standard InChI is InChI=1S/C18H23NO8/c1-9(2)17(24)25-8-13-14(21)15(22)16(23)18(27-13)26-12-6-4-11(5-7-12)19-10(3)20/h4-7,9,13-15,18,21-22H,8H2,1-3H3,(H,19,20). The Bertz CT molecular complexity index is 687. The molecule has 148 valence electrons. The number of hydrogen-bond acceptors (Lipinski definition) is 8. The third-order valence-corrected chi connectivity index (χ3v) is 3.81. The lowest BCUT2D eigenvalue weighted by molar-refractivity contribution is -0.222. The minimum absolute atomic E-state index is 0.231. The van der Waals surface area contributed by atoms with Crippen molar-refractivity contribution in [1.29, 1.82) is 0 Å². The molecule has 1 aromatic carbocycles. The molecule has 1 aliphatic rings. The van der Waals surface area contributed by atoms with E-state index >= 15 is 0 Å². The van der Waals surface area contributed by atoms with E-state index in [0.29, 0.717) is 5.69 Å². The molecule has 0 aliphatic carbocycles. The predicted molar refractivity (Wildman–Crippen MR) is 92.9 cm³/mol. The molecule has 9 heteroatoms. The van der Waals surface area contributed by atoms with Crippen LogP contribution in [-0.2, 0) is 23.9 Å². The van der Waals surface area contributed by atoms with Crippen molar-refractivity contribution in [3.63, 3.8) is 0 Å². The normalized spacial score (nSPS) is 25.2. The summed E-state index contributed by atoms with van der Waals surface area (Å²) in [5.41, 5.74) is 0.541. The second-order valence-corrected chi connectivity index (χ2v) is 6.45. The summed E-state index contributed by atoms with van der Waals surface area (Å²) in [7, 11) is 0. The summed E-state index contributed by atoms with van der Waals surface area (Å²) < 4.78 is 15.8. The van der Waals surface area contributed by atoms with Gasteiger partial charge in [-0.1, -0.05) is 13.8 Å². The average molecular weight is 381 g/mol. The van der Waals surface area contributed by atoms with Crippen LogP contribution in [-0.4, -0.2) is 59.1 Å². The number of hydrogen-bond donors (Lipinski definition) is 3. The van der Waals surface area contributed by atoms with Gasteiger partial charge in [-0.2, -0.15) is 0 Å². The van der Waals surface area contributed by atoms with Crippen LogP contribution in [0.1, 0.15) is 20.8 Å². The Kier molecular flexibility index (Phi) is 6.89. The highest BCUT2D eigenvalue weighted by molar-refractivity contribution is 5.89. The maximum atomic E-state index is 12.1. The molecule has 1 heterocycles. The molecule has 1 amide bonds. The van der Waals surface area contributed by atoms with Gasteiger partial charge in [-0.15, -0.1) is 0 Å². The summed E-state index contributed by atoms with van der Waals surface area (Å²) in [6.45, 7) is 4.34. The van der Waals surface area contributed by atoms with Crippen molar-refractivity contribution < 1.29 is 38.8 Å². The summed E-state index contributed by atoms with van der Waals surface area (Å²) in [5.74, 6) is -1.69. The molecule has 0 saturated carbocycles. The molecular formula is C18H23NO8. The highest BCUT2D eigenvalue weighted by Gasteiger charge is 2.45. The van der Waals surface area contributed by atoms with Crippen molar-refractivity contribution in [2.24, 2.45) is 5.92 Å². The van der Waals surface area contributed by atoms with Crippen LogP contribution in [0.25, 0.3) is 0 Å². The van der Waals surface area contributed by atoms with Gasteiger partial charge in [0, 0.05) is 12.6 Å². The van der Waals surface area contributed by atoms with Crippen LogP contribution >= 0.6 is 0 Å². The lowest BCUT2D eigenvalue weighted by atomic mass is 10.0.